The number of nitrogens with zero attached hydrogens (tertiary/aromatic N) is 2. The van der Waals surface area contributed by atoms with Gasteiger partial charge in [-0.25, -0.2) is 0 Å². The molecule has 1 N–H and O–H groups in total. The van der Waals surface area contributed by atoms with E-state index in [2.05, 4.69) is 15.4 Å². The number of aromatic nitrogens is 3. The van der Waals surface area contributed by atoms with Crippen LogP contribution in [0.1, 0.15) is 32.1 Å². The lowest BCUT2D eigenvalue weighted by molar-refractivity contribution is 0.0974. The Kier molecular flexibility index (Phi) is 1.85. The van der Waals surface area contributed by atoms with Crippen molar-refractivity contribution in [1.29, 1.82) is 0 Å². The highest BCUT2D eigenvalue weighted by atomic mass is 16.5. The van der Waals surface area contributed by atoms with Crippen LogP contribution in [0.15, 0.2) is 18.2 Å². The topological polar surface area (TPSA) is 84.9 Å². The van der Waals surface area contributed by atoms with Gasteiger partial charge in [0.15, 0.2) is 5.69 Å². The number of hydrogen-bond donors (Lipinski definition) is 1. The molecule has 0 radical (unpaired) electrons. The summed E-state index contributed by atoms with van der Waals surface area (Å²) >= 11 is 0. The van der Waals surface area contributed by atoms with Gasteiger partial charge < -0.3 is 4.74 Å². The summed E-state index contributed by atoms with van der Waals surface area (Å²) in [5.41, 5.74) is 0.855. The van der Waals surface area contributed by atoms with Crippen molar-refractivity contribution in [1.82, 2.24) is 15.4 Å². The predicted octanol–water partition coefficient (Wildman–Crippen LogP) is 0.589. The third-order valence-electron chi connectivity index (χ3n) is 2.71. The van der Waals surface area contributed by atoms with Crippen LogP contribution in [0.4, 0.5) is 0 Å². The van der Waals surface area contributed by atoms with E-state index >= 15 is 0 Å². The Bertz CT molecular complexity index is 645. The molecule has 17 heavy (non-hydrogen) atoms. The first-order chi connectivity index (χ1) is 8.22. The molecule has 0 unspecified atom stereocenters. The Morgan fingerprint density at radius 1 is 1.18 bits per heavy atom. The molecule has 6 nitrogen and oxygen atoms in total. The smallest absolute Gasteiger partial charge is 0.216 e. The summed E-state index contributed by atoms with van der Waals surface area (Å²) in [6.07, 6.45) is 0. The second-order valence-electron chi connectivity index (χ2n) is 3.61. The standard InChI is InChI=1S/C11H7N3O3/c1-17-5-2-3-6-7(4-5)11(16)9-8(10(6)15)12-14-13-9/h2-4H,1H3,(H,12,13,14). The highest BCUT2D eigenvalue weighted by Crippen LogP contribution is 2.27. The second kappa shape index (κ2) is 3.24. The number of H-pyrrole nitrogens is 1. The first-order valence-corrected chi connectivity index (χ1v) is 4.91. The van der Waals surface area contributed by atoms with Crippen LogP contribution >= 0.6 is 0 Å². The van der Waals surface area contributed by atoms with E-state index in [4.69, 9.17) is 4.74 Å². The maximum Gasteiger partial charge on any atom is 0.216 e. The number of aromatic amines is 1. The largest absolute Gasteiger partial charge is 0.497 e. The molecule has 0 fully saturated rings. The van der Waals surface area contributed by atoms with Gasteiger partial charge in [-0.3, -0.25) is 14.7 Å². The van der Waals surface area contributed by atoms with Crippen LogP contribution in [0.25, 0.3) is 0 Å². The highest BCUT2D eigenvalue weighted by molar-refractivity contribution is 6.26. The van der Waals surface area contributed by atoms with Crippen LogP contribution in [0.2, 0.25) is 0 Å². The number of rotatable bonds is 1. The SMILES string of the molecule is COc1ccc2c(c1)C(=O)c1nn[nH]c1C2=O. The van der Waals surface area contributed by atoms with Gasteiger partial charge in [-0.2, -0.15) is 0 Å². The van der Waals surface area contributed by atoms with Crippen LogP contribution in [0.3, 0.4) is 0 Å². The van der Waals surface area contributed by atoms with Gasteiger partial charge in [-0.1, -0.05) is 5.21 Å². The van der Waals surface area contributed by atoms with Crippen molar-refractivity contribution in [3.05, 3.63) is 40.7 Å². The van der Waals surface area contributed by atoms with E-state index in [-0.39, 0.29) is 23.0 Å². The van der Waals surface area contributed by atoms with Crippen molar-refractivity contribution >= 4 is 11.6 Å². The maximum atomic E-state index is 12.1. The summed E-state index contributed by atoms with van der Waals surface area (Å²) in [6.45, 7) is 0. The zero-order valence-corrected chi connectivity index (χ0v) is 8.85. The number of fused-ring (bicyclic) bond motifs is 2. The molecule has 1 aromatic heterocycles. The number of methoxy groups -OCH3 is 1. The van der Waals surface area contributed by atoms with E-state index in [0.29, 0.717) is 16.9 Å². The molecule has 0 amide bonds. The number of carbonyl (C=O) groups is 2. The molecule has 6 heteroatoms. The number of carbonyl (C=O) groups excluding carboxylic acids is 2. The van der Waals surface area contributed by atoms with Crippen molar-refractivity contribution in [3.63, 3.8) is 0 Å². The minimum atomic E-state index is -0.317. The number of ketones is 2. The lowest BCUT2D eigenvalue weighted by atomic mass is 9.90. The molecule has 0 aliphatic heterocycles. The van der Waals surface area contributed by atoms with Gasteiger partial charge in [0.05, 0.1) is 7.11 Å². The molecular weight excluding hydrogens is 222 g/mol. The van der Waals surface area contributed by atoms with Crippen LogP contribution in [0.5, 0.6) is 5.75 Å². The summed E-state index contributed by atoms with van der Waals surface area (Å²) in [5, 5.41) is 9.55. The molecule has 2 aromatic rings. The minimum Gasteiger partial charge on any atom is -0.497 e. The van der Waals surface area contributed by atoms with Gasteiger partial charge in [0.2, 0.25) is 11.6 Å². The van der Waals surface area contributed by atoms with Crippen LogP contribution in [-0.2, 0) is 0 Å². The Labute approximate surface area is 95.6 Å². The molecule has 1 aromatic carbocycles. The molecule has 1 aliphatic carbocycles. The summed E-state index contributed by atoms with van der Waals surface area (Å²) in [7, 11) is 1.50. The number of benzene rings is 1. The summed E-state index contributed by atoms with van der Waals surface area (Å²) in [5.74, 6) is -0.0682. The molecule has 1 aliphatic rings. The van der Waals surface area contributed by atoms with Crippen molar-refractivity contribution in [2.75, 3.05) is 7.11 Å². The fourth-order valence-corrected chi connectivity index (χ4v) is 1.84. The zero-order chi connectivity index (χ0) is 12.0. The monoisotopic (exact) mass is 229 g/mol. The Hall–Kier alpha value is -2.50. The quantitative estimate of drug-likeness (QED) is 0.660. The number of ether oxygens (including phenoxy) is 1. The van der Waals surface area contributed by atoms with E-state index in [1.165, 1.54) is 13.2 Å². The third-order valence-corrected chi connectivity index (χ3v) is 2.71. The van der Waals surface area contributed by atoms with Gasteiger partial charge >= 0.3 is 0 Å². The number of nitrogens with one attached hydrogen (secondary N) is 1. The fourth-order valence-electron chi connectivity index (χ4n) is 1.84. The third kappa shape index (κ3) is 1.20. The Morgan fingerprint density at radius 3 is 2.76 bits per heavy atom. The summed E-state index contributed by atoms with van der Waals surface area (Å²) in [4.78, 5) is 24.1. The van der Waals surface area contributed by atoms with Gasteiger partial charge in [0.25, 0.3) is 0 Å². The van der Waals surface area contributed by atoms with Crippen LogP contribution < -0.4 is 4.74 Å². The van der Waals surface area contributed by atoms with Gasteiger partial charge in [0, 0.05) is 11.1 Å². The molecule has 0 saturated heterocycles. The highest BCUT2D eigenvalue weighted by Gasteiger charge is 2.33. The molecule has 0 bridgehead atoms. The zero-order valence-electron chi connectivity index (χ0n) is 8.85. The van der Waals surface area contributed by atoms with E-state index in [0.717, 1.165) is 0 Å². The van der Waals surface area contributed by atoms with Crippen molar-refractivity contribution in [2.24, 2.45) is 0 Å². The first kappa shape index (κ1) is 9.71. The summed E-state index contributed by atoms with van der Waals surface area (Å²) < 4.78 is 5.03. The Morgan fingerprint density at radius 2 is 2.00 bits per heavy atom. The average molecular weight is 229 g/mol. The lowest BCUT2D eigenvalue weighted by Gasteiger charge is -2.13. The Balaban J connectivity index is 2.27. The fraction of sp³-hybridized carbons (Fsp3) is 0.0909. The second-order valence-corrected chi connectivity index (χ2v) is 3.61. The number of hydrogen-bond acceptors (Lipinski definition) is 5. The lowest BCUT2D eigenvalue weighted by Crippen LogP contribution is -2.20. The summed E-state index contributed by atoms with van der Waals surface area (Å²) in [6, 6.07) is 4.74. The molecule has 0 atom stereocenters. The van der Waals surface area contributed by atoms with Gasteiger partial charge in [-0.15, -0.1) is 5.10 Å². The van der Waals surface area contributed by atoms with Crippen LogP contribution in [-0.4, -0.2) is 34.1 Å². The first-order valence-electron chi connectivity index (χ1n) is 4.91. The van der Waals surface area contributed by atoms with Crippen LogP contribution in [0, 0.1) is 0 Å². The molecule has 84 valence electrons. The van der Waals surface area contributed by atoms with E-state index in [9.17, 15) is 9.59 Å². The van der Waals surface area contributed by atoms with E-state index in [1.807, 2.05) is 0 Å². The molecule has 1 heterocycles. The van der Waals surface area contributed by atoms with E-state index < -0.39 is 0 Å². The minimum absolute atomic E-state index is 0.0655. The normalized spacial score (nSPS) is 13.2. The molecule has 0 spiro atoms. The van der Waals surface area contributed by atoms with Crippen molar-refractivity contribution in [2.45, 2.75) is 0 Å². The molecule has 0 saturated carbocycles. The van der Waals surface area contributed by atoms with Crippen molar-refractivity contribution in [3.8, 4) is 5.75 Å². The van der Waals surface area contributed by atoms with Gasteiger partial charge in [0.1, 0.15) is 11.4 Å². The average Bonchev–Trinajstić information content (AvgIpc) is 2.85. The van der Waals surface area contributed by atoms with Crippen molar-refractivity contribution < 1.29 is 14.3 Å². The molecule has 3 rings (SSSR count). The van der Waals surface area contributed by atoms with E-state index in [1.54, 1.807) is 12.1 Å². The predicted molar refractivity (Wildman–Crippen MR) is 56.2 cm³/mol. The van der Waals surface area contributed by atoms with Gasteiger partial charge in [-0.05, 0) is 18.2 Å². The molecular formula is C11H7N3O3. The maximum absolute atomic E-state index is 12.1.